The summed E-state index contributed by atoms with van der Waals surface area (Å²) in [4.78, 5) is 13.5. The fraction of sp³-hybridized carbons (Fsp3) is 0.400. The molecule has 0 aliphatic rings. The van der Waals surface area contributed by atoms with Crippen LogP contribution in [0.1, 0.15) is 0 Å². The summed E-state index contributed by atoms with van der Waals surface area (Å²) in [6.45, 7) is 0. The van der Waals surface area contributed by atoms with Crippen LogP contribution in [0.15, 0.2) is 10.3 Å². The molecule has 0 aromatic carbocycles. The van der Waals surface area contributed by atoms with E-state index in [0.717, 1.165) is 0 Å². The smallest absolute Gasteiger partial charge is 0.229 e. The molecule has 60 valence electrons. The van der Waals surface area contributed by atoms with Crippen molar-refractivity contribution in [1.82, 2.24) is 15.0 Å². The molecule has 0 radical (unpaired) electrons. The molecular formula is C5H8N4S2. The van der Waals surface area contributed by atoms with Gasteiger partial charge in [0.2, 0.25) is 5.95 Å². The molecule has 4 nitrogen and oxygen atoms in total. The van der Waals surface area contributed by atoms with Crippen molar-refractivity contribution in [2.24, 2.45) is 0 Å². The average Bonchev–Trinajstić information content (AvgIpc) is 1.85. The zero-order chi connectivity index (χ0) is 8.43. The Hall–Kier alpha value is -0.490. The summed E-state index contributed by atoms with van der Waals surface area (Å²) in [7, 11) is 3.69. The van der Waals surface area contributed by atoms with Gasteiger partial charge in [-0.05, 0) is 0 Å². The fourth-order valence-electron chi connectivity index (χ4n) is 0.543. The molecule has 1 aromatic rings. The maximum absolute atomic E-state index is 3.98. The summed E-state index contributed by atoms with van der Waals surface area (Å²) >= 11 is 7.96. The molecule has 0 aliphatic heterocycles. The Kier molecular flexibility index (Phi) is 2.56. The minimum absolute atomic E-state index is 0.383. The van der Waals surface area contributed by atoms with Crippen molar-refractivity contribution in [3.63, 3.8) is 0 Å². The van der Waals surface area contributed by atoms with Gasteiger partial charge < -0.3 is 4.90 Å². The van der Waals surface area contributed by atoms with Gasteiger partial charge in [0.1, 0.15) is 0 Å². The van der Waals surface area contributed by atoms with Crippen LogP contribution < -0.4 is 4.90 Å². The number of thiol groups is 2. The van der Waals surface area contributed by atoms with E-state index in [1.165, 1.54) is 0 Å². The number of hydrogen-bond donors (Lipinski definition) is 2. The molecule has 0 spiro atoms. The monoisotopic (exact) mass is 188 g/mol. The Morgan fingerprint density at radius 1 is 1.00 bits per heavy atom. The van der Waals surface area contributed by atoms with Gasteiger partial charge in [-0.2, -0.15) is 15.0 Å². The maximum Gasteiger partial charge on any atom is 0.229 e. The van der Waals surface area contributed by atoms with Gasteiger partial charge in [0, 0.05) is 14.1 Å². The van der Waals surface area contributed by atoms with Crippen molar-refractivity contribution in [2.45, 2.75) is 10.3 Å². The van der Waals surface area contributed by atoms with Gasteiger partial charge in [0.25, 0.3) is 0 Å². The first-order valence-corrected chi connectivity index (χ1v) is 3.80. The lowest BCUT2D eigenvalue weighted by Crippen LogP contribution is -2.13. The van der Waals surface area contributed by atoms with Crippen LogP contribution in [0.5, 0.6) is 0 Å². The lowest BCUT2D eigenvalue weighted by atomic mass is 10.8. The second-order valence-corrected chi connectivity index (χ2v) is 2.93. The molecule has 6 heteroatoms. The molecule has 1 aromatic heterocycles. The van der Waals surface area contributed by atoms with Crippen molar-refractivity contribution >= 4 is 31.2 Å². The summed E-state index contributed by atoms with van der Waals surface area (Å²) in [5.74, 6) is 0.565. The summed E-state index contributed by atoms with van der Waals surface area (Å²) in [5.41, 5.74) is 0. The van der Waals surface area contributed by atoms with E-state index in [9.17, 15) is 0 Å². The minimum atomic E-state index is 0.383. The van der Waals surface area contributed by atoms with Gasteiger partial charge in [-0.25, -0.2) is 0 Å². The molecule has 0 saturated carbocycles. The quantitative estimate of drug-likeness (QED) is 0.630. The van der Waals surface area contributed by atoms with Crippen LogP contribution in [0.2, 0.25) is 0 Å². The Bertz CT molecular complexity index is 242. The van der Waals surface area contributed by atoms with Crippen LogP contribution >= 0.6 is 25.3 Å². The zero-order valence-corrected chi connectivity index (χ0v) is 7.97. The predicted molar refractivity (Wildman–Crippen MR) is 48.7 cm³/mol. The summed E-state index contributed by atoms with van der Waals surface area (Å²) < 4.78 is 0. The molecule has 1 heterocycles. The average molecular weight is 188 g/mol. The van der Waals surface area contributed by atoms with Crippen molar-refractivity contribution in [3.05, 3.63) is 0 Å². The normalized spacial score (nSPS) is 9.82. The van der Waals surface area contributed by atoms with E-state index in [1.54, 1.807) is 4.90 Å². The van der Waals surface area contributed by atoms with Crippen LogP contribution in [-0.2, 0) is 0 Å². The SMILES string of the molecule is CN(C)c1nc(S)nc(S)n1. The second kappa shape index (κ2) is 3.27. The van der Waals surface area contributed by atoms with Crippen molar-refractivity contribution < 1.29 is 0 Å². The van der Waals surface area contributed by atoms with Gasteiger partial charge in [-0.15, -0.1) is 25.3 Å². The topological polar surface area (TPSA) is 41.9 Å². The standard InChI is InChI=1S/C5H8N4S2/c1-9(2)3-6-4(10)8-5(11)7-3/h1-2H3,(H2,6,7,8,10,11). The van der Waals surface area contributed by atoms with E-state index >= 15 is 0 Å². The molecule has 0 fully saturated rings. The van der Waals surface area contributed by atoms with Crippen LogP contribution in [0.4, 0.5) is 5.95 Å². The third-order valence-electron chi connectivity index (χ3n) is 1.00. The highest BCUT2D eigenvalue weighted by atomic mass is 32.1. The summed E-state index contributed by atoms with van der Waals surface area (Å²) in [6.07, 6.45) is 0. The van der Waals surface area contributed by atoms with Gasteiger partial charge in [0.15, 0.2) is 10.3 Å². The highest BCUT2D eigenvalue weighted by Gasteiger charge is 2.01. The molecule has 11 heavy (non-hydrogen) atoms. The largest absolute Gasteiger partial charge is 0.347 e. The highest BCUT2D eigenvalue weighted by Crippen LogP contribution is 2.08. The molecule has 0 saturated heterocycles. The van der Waals surface area contributed by atoms with Crippen LogP contribution in [0.3, 0.4) is 0 Å². The number of nitrogens with zero attached hydrogens (tertiary/aromatic N) is 4. The molecule has 0 aliphatic carbocycles. The van der Waals surface area contributed by atoms with Gasteiger partial charge in [-0.3, -0.25) is 0 Å². The number of rotatable bonds is 1. The molecule has 0 amide bonds. The molecule has 1 rings (SSSR count). The first-order chi connectivity index (χ1) is 5.09. The minimum Gasteiger partial charge on any atom is -0.347 e. The molecular weight excluding hydrogens is 180 g/mol. The zero-order valence-electron chi connectivity index (χ0n) is 6.18. The van der Waals surface area contributed by atoms with E-state index in [1.807, 2.05) is 14.1 Å². The molecule has 0 atom stereocenters. The van der Waals surface area contributed by atoms with E-state index in [0.29, 0.717) is 16.3 Å². The van der Waals surface area contributed by atoms with Gasteiger partial charge in [0.05, 0.1) is 0 Å². The van der Waals surface area contributed by atoms with Crippen LogP contribution in [0.25, 0.3) is 0 Å². The van der Waals surface area contributed by atoms with E-state index in [4.69, 9.17) is 0 Å². The highest BCUT2D eigenvalue weighted by molar-refractivity contribution is 7.80. The second-order valence-electron chi connectivity index (χ2n) is 2.13. The fourth-order valence-corrected chi connectivity index (χ4v) is 0.991. The number of aromatic nitrogens is 3. The maximum atomic E-state index is 3.98. The van der Waals surface area contributed by atoms with E-state index in [2.05, 4.69) is 40.2 Å². The van der Waals surface area contributed by atoms with Crippen molar-refractivity contribution in [2.75, 3.05) is 19.0 Å². The lowest BCUT2D eigenvalue weighted by Gasteiger charge is -2.09. The number of hydrogen-bond acceptors (Lipinski definition) is 6. The Labute approximate surface area is 75.9 Å². The Morgan fingerprint density at radius 3 is 1.82 bits per heavy atom. The third kappa shape index (κ3) is 2.23. The van der Waals surface area contributed by atoms with Crippen LogP contribution in [0, 0.1) is 0 Å². The van der Waals surface area contributed by atoms with Gasteiger partial charge >= 0.3 is 0 Å². The first-order valence-electron chi connectivity index (χ1n) is 2.91. The van der Waals surface area contributed by atoms with Gasteiger partial charge in [-0.1, -0.05) is 0 Å². The lowest BCUT2D eigenvalue weighted by molar-refractivity contribution is 0.787. The van der Waals surface area contributed by atoms with E-state index < -0.39 is 0 Å². The van der Waals surface area contributed by atoms with Crippen molar-refractivity contribution in [3.8, 4) is 0 Å². The van der Waals surface area contributed by atoms with Crippen LogP contribution in [-0.4, -0.2) is 29.0 Å². The Morgan fingerprint density at radius 2 is 1.45 bits per heavy atom. The van der Waals surface area contributed by atoms with Crippen molar-refractivity contribution in [1.29, 1.82) is 0 Å². The number of anilines is 1. The molecule has 0 bridgehead atoms. The van der Waals surface area contributed by atoms with E-state index in [-0.39, 0.29) is 0 Å². The Balaban J connectivity index is 3.08. The first kappa shape index (κ1) is 8.61. The third-order valence-corrected chi connectivity index (χ3v) is 1.40. The summed E-state index contributed by atoms with van der Waals surface area (Å²) in [5, 5.41) is 0.766. The molecule has 0 unspecified atom stereocenters. The predicted octanol–water partition coefficient (Wildman–Crippen LogP) is 0.515. The summed E-state index contributed by atoms with van der Waals surface area (Å²) in [6, 6.07) is 0. The molecule has 0 N–H and O–H groups in total.